The fourth-order valence-corrected chi connectivity index (χ4v) is 3.89. The van der Waals surface area contributed by atoms with Crippen molar-refractivity contribution in [2.75, 3.05) is 31.6 Å². The molecule has 0 radical (unpaired) electrons. The van der Waals surface area contributed by atoms with E-state index in [1.807, 2.05) is 6.92 Å². The van der Waals surface area contributed by atoms with Crippen molar-refractivity contribution in [1.82, 2.24) is 24.6 Å². The number of nitrogens with two attached hydrogens (primary N) is 2. The van der Waals surface area contributed by atoms with Gasteiger partial charge < -0.3 is 35.9 Å². The Kier molecular flexibility index (Phi) is 10.8. The number of nitrogens with one attached hydrogen (secondary N) is 2. The molecule has 0 aliphatic carbocycles. The number of nitrogens with zero attached hydrogens (tertiary/aromatic N) is 4. The van der Waals surface area contributed by atoms with E-state index in [9.17, 15) is 19.2 Å². The second-order valence-electron chi connectivity index (χ2n) is 8.81. The zero-order chi connectivity index (χ0) is 29.9. The first kappa shape index (κ1) is 30.6. The molecule has 3 amide bonds. The number of carboxylic acid groups (broad SMARTS) is 1. The Labute approximate surface area is 235 Å². The number of alkyl carbamates (subject to hydrolysis) is 1. The van der Waals surface area contributed by atoms with E-state index in [0.717, 1.165) is 0 Å². The van der Waals surface area contributed by atoms with E-state index in [-0.39, 0.29) is 50.0 Å². The zero-order valence-corrected chi connectivity index (χ0v) is 22.9. The Morgan fingerprint density at radius 3 is 2.61 bits per heavy atom. The molecule has 0 unspecified atom stereocenters. The van der Waals surface area contributed by atoms with Gasteiger partial charge in [0.1, 0.15) is 17.0 Å². The van der Waals surface area contributed by atoms with E-state index < -0.39 is 23.9 Å². The average Bonchev–Trinajstić information content (AvgIpc) is 3.47. The van der Waals surface area contributed by atoms with Gasteiger partial charge in [0.15, 0.2) is 0 Å². The van der Waals surface area contributed by atoms with Gasteiger partial charge in [-0.15, -0.1) is 0 Å². The van der Waals surface area contributed by atoms with Crippen LogP contribution in [0.4, 0.5) is 10.7 Å². The van der Waals surface area contributed by atoms with Crippen molar-refractivity contribution < 1.29 is 33.8 Å². The minimum atomic E-state index is -1.04. The number of benzene rings is 1. The van der Waals surface area contributed by atoms with E-state index >= 15 is 0 Å². The Morgan fingerprint density at radius 2 is 1.93 bits per heavy atom. The van der Waals surface area contributed by atoms with Crippen LogP contribution >= 0.6 is 0 Å². The van der Waals surface area contributed by atoms with Crippen molar-refractivity contribution in [2.24, 2.45) is 11.5 Å². The Balaban J connectivity index is 1.85. The maximum absolute atomic E-state index is 13.2. The Morgan fingerprint density at radius 1 is 1.15 bits per heavy atom. The third kappa shape index (κ3) is 8.28. The van der Waals surface area contributed by atoms with Gasteiger partial charge >= 0.3 is 12.1 Å². The molecular formula is C26H34N8O7. The fraction of sp³-hybridized carbons (Fsp3) is 0.385. The molecule has 0 atom stereocenters. The second-order valence-corrected chi connectivity index (χ2v) is 8.81. The molecule has 0 bridgehead atoms. The highest BCUT2D eigenvalue weighted by Crippen LogP contribution is 2.31. The minimum Gasteiger partial charge on any atom is -0.491 e. The summed E-state index contributed by atoms with van der Waals surface area (Å²) in [6.45, 7) is 4.81. The lowest BCUT2D eigenvalue weighted by Gasteiger charge is -2.13. The number of allylic oxidation sites excluding steroid dienone is 1. The number of carbonyl (C=O) groups excluding carboxylic acids is 3. The molecule has 220 valence electrons. The SMILES string of the molecule is CCn1nc(C)cc1C(=O)Nc1nc2cc(C(N)=O)cc(OCCCOC(=O)NCCC(=O)O)c2n1CC=CCN. The smallest absolute Gasteiger partial charge is 0.407 e. The Hall–Kier alpha value is -4.92. The van der Waals surface area contributed by atoms with Crippen LogP contribution in [-0.2, 0) is 22.6 Å². The number of ether oxygens (including phenoxy) is 2. The summed E-state index contributed by atoms with van der Waals surface area (Å²) in [5.74, 6) is -1.65. The van der Waals surface area contributed by atoms with E-state index in [1.54, 1.807) is 34.4 Å². The number of primary amides is 1. The van der Waals surface area contributed by atoms with E-state index in [0.29, 0.717) is 41.9 Å². The molecule has 2 aromatic heterocycles. The van der Waals surface area contributed by atoms with Crippen LogP contribution in [0.1, 0.15) is 46.3 Å². The highest BCUT2D eigenvalue weighted by molar-refractivity contribution is 6.04. The third-order valence-corrected chi connectivity index (χ3v) is 5.73. The molecule has 15 nitrogen and oxygen atoms in total. The van der Waals surface area contributed by atoms with Crippen LogP contribution in [0, 0.1) is 6.92 Å². The molecule has 0 spiro atoms. The van der Waals surface area contributed by atoms with Gasteiger partial charge in [-0.05, 0) is 32.0 Å². The summed E-state index contributed by atoms with van der Waals surface area (Å²) >= 11 is 0. The van der Waals surface area contributed by atoms with Gasteiger partial charge in [0, 0.05) is 38.2 Å². The molecule has 15 heteroatoms. The number of aliphatic carboxylic acids is 1. The number of anilines is 1. The van der Waals surface area contributed by atoms with Crippen LogP contribution in [0.25, 0.3) is 11.0 Å². The van der Waals surface area contributed by atoms with E-state index in [1.165, 1.54) is 12.1 Å². The number of hydrogen-bond donors (Lipinski definition) is 5. The van der Waals surface area contributed by atoms with Gasteiger partial charge in [-0.3, -0.25) is 24.4 Å². The first-order valence-electron chi connectivity index (χ1n) is 12.9. The summed E-state index contributed by atoms with van der Waals surface area (Å²) in [7, 11) is 0. The number of fused-ring (bicyclic) bond motifs is 1. The lowest BCUT2D eigenvalue weighted by molar-refractivity contribution is -0.136. The van der Waals surface area contributed by atoms with E-state index in [2.05, 4.69) is 20.7 Å². The molecular weight excluding hydrogens is 536 g/mol. The first-order valence-corrected chi connectivity index (χ1v) is 12.9. The topological polar surface area (TPSA) is 219 Å². The molecule has 1 aromatic carbocycles. The monoisotopic (exact) mass is 570 g/mol. The molecule has 0 aliphatic heterocycles. The maximum atomic E-state index is 13.2. The highest BCUT2D eigenvalue weighted by Gasteiger charge is 2.21. The number of carbonyl (C=O) groups is 4. The van der Waals surface area contributed by atoms with Crippen molar-refractivity contribution in [3.05, 3.63) is 47.3 Å². The molecule has 0 saturated carbocycles. The number of aromatic nitrogens is 4. The summed E-state index contributed by atoms with van der Waals surface area (Å²) in [5.41, 5.74) is 13.2. The zero-order valence-electron chi connectivity index (χ0n) is 22.9. The van der Waals surface area contributed by atoms with Gasteiger partial charge in [-0.25, -0.2) is 9.78 Å². The molecule has 3 aromatic rings. The van der Waals surface area contributed by atoms with Crippen molar-refractivity contribution >= 4 is 40.9 Å². The van der Waals surface area contributed by atoms with Gasteiger partial charge in [0.2, 0.25) is 11.9 Å². The number of imidazole rings is 1. The van der Waals surface area contributed by atoms with Crippen molar-refractivity contribution in [2.45, 2.75) is 39.8 Å². The predicted molar refractivity (Wildman–Crippen MR) is 149 cm³/mol. The van der Waals surface area contributed by atoms with Gasteiger partial charge in [-0.1, -0.05) is 12.2 Å². The van der Waals surface area contributed by atoms with Crippen LogP contribution in [0.15, 0.2) is 30.4 Å². The lowest BCUT2D eigenvalue weighted by atomic mass is 10.1. The maximum Gasteiger partial charge on any atom is 0.407 e. The van der Waals surface area contributed by atoms with Gasteiger partial charge in [0.05, 0.1) is 30.8 Å². The summed E-state index contributed by atoms with van der Waals surface area (Å²) in [6.07, 6.45) is 2.89. The summed E-state index contributed by atoms with van der Waals surface area (Å²) in [6, 6.07) is 4.67. The largest absolute Gasteiger partial charge is 0.491 e. The van der Waals surface area contributed by atoms with Crippen molar-refractivity contribution in [3.8, 4) is 5.75 Å². The van der Waals surface area contributed by atoms with Crippen LogP contribution in [-0.4, -0.2) is 74.6 Å². The molecule has 0 fully saturated rings. The fourth-order valence-electron chi connectivity index (χ4n) is 3.89. The number of aryl methyl sites for hydroxylation is 2. The van der Waals surface area contributed by atoms with Gasteiger partial charge in [0.25, 0.3) is 5.91 Å². The molecule has 7 N–H and O–H groups in total. The Bertz CT molecular complexity index is 1440. The lowest BCUT2D eigenvalue weighted by Crippen LogP contribution is -2.27. The van der Waals surface area contributed by atoms with Crippen molar-refractivity contribution in [1.29, 1.82) is 0 Å². The minimum absolute atomic E-state index is 0.00188. The van der Waals surface area contributed by atoms with Crippen molar-refractivity contribution in [3.63, 3.8) is 0 Å². The predicted octanol–water partition coefficient (Wildman–Crippen LogP) is 1.40. The van der Waals surface area contributed by atoms with Gasteiger partial charge in [-0.2, -0.15) is 5.10 Å². The summed E-state index contributed by atoms with van der Waals surface area (Å²) in [5, 5.41) is 18.1. The quantitative estimate of drug-likeness (QED) is 0.131. The summed E-state index contributed by atoms with van der Waals surface area (Å²) in [4.78, 5) is 52.0. The first-order chi connectivity index (χ1) is 19.6. The molecule has 2 heterocycles. The number of rotatable bonds is 15. The number of amides is 3. The summed E-state index contributed by atoms with van der Waals surface area (Å²) < 4.78 is 14.3. The standard InChI is InChI=1S/C26H34N8O7/c1-3-34-19(13-16(2)32-34)24(38)31-25-30-18-14-17(23(28)37)15-20(22(18)33(25)10-5-4-8-27)40-11-6-12-41-26(39)29-9-7-21(35)36/h4-5,13-15H,3,6-12,27H2,1-2H3,(H2,28,37)(H,29,39)(H,35,36)(H,30,31,38). The number of hydrogen-bond acceptors (Lipinski definition) is 9. The second kappa shape index (κ2) is 14.5. The third-order valence-electron chi connectivity index (χ3n) is 5.73. The normalized spacial score (nSPS) is 11.1. The average molecular weight is 571 g/mol. The molecule has 3 rings (SSSR count). The van der Waals surface area contributed by atoms with Crippen LogP contribution in [0.5, 0.6) is 5.75 Å². The number of carboxylic acids is 1. The van der Waals surface area contributed by atoms with Crippen LogP contribution < -0.4 is 26.8 Å². The molecule has 41 heavy (non-hydrogen) atoms. The molecule has 0 aliphatic rings. The van der Waals surface area contributed by atoms with E-state index in [4.69, 9.17) is 26.0 Å². The van der Waals surface area contributed by atoms with Crippen LogP contribution in [0.3, 0.4) is 0 Å². The highest BCUT2D eigenvalue weighted by atomic mass is 16.5. The van der Waals surface area contributed by atoms with Crippen LogP contribution in [0.2, 0.25) is 0 Å². The molecule has 0 saturated heterocycles.